The number of hydrogen-bond acceptors (Lipinski definition) is 6. The highest BCUT2D eigenvalue weighted by atomic mass is 32.2. The van der Waals surface area contributed by atoms with Crippen LogP contribution >= 0.6 is 11.8 Å². The van der Waals surface area contributed by atoms with E-state index >= 15 is 0 Å². The monoisotopic (exact) mass is 301 g/mol. The summed E-state index contributed by atoms with van der Waals surface area (Å²) >= 11 is 1.59. The van der Waals surface area contributed by atoms with E-state index < -0.39 is 0 Å². The van der Waals surface area contributed by atoms with Crippen LogP contribution in [0.3, 0.4) is 0 Å². The zero-order chi connectivity index (χ0) is 14.7. The zero-order valence-electron chi connectivity index (χ0n) is 12.4. The SMILES string of the molecule is CSc1nc(C)cc(N2CCN(c3ccccn3)CC2)n1. The third kappa shape index (κ3) is 3.26. The quantitative estimate of drug-likeness (QED) is 0.640. The van der Waals surface area contributed by atoms with Gasteiger partial charge in [-0.3, -0.25) is 0 Å². The molecule has 1 saturated heterocycles. The molecule has 110 valence electrons. The van der Waals surface area contributed by atoms with Gasteiger partial charge in [0, 0.05) is 44.1 Å². The fourth-order valence-electron chi connectivity index (χ4n) is 2.48. The molecule has 0 bridgehead atoms. The molecule has 0 aromatic carbocycles. The Balaban J connectivity index is 1.70. The van der Waals surface area contributed by atoms with Crippen molar-refractivity contribution < 1.29 is 0 Å². The van der Waals surface area contributed by atoms with E-state index in [0.29, 0.717) is 0 Å². The lowest BCUT2D eigenvalue weighted by Crippen LogP contribution is -2.47. The minimum atomic E-state index is 0.845. The van der Waals surface area contributed by atoms with Gasteiger partial charge in [0.1, 0.15) is 11.6 Å². The van der Waals surface area contributed by atoms with Gasteiger partial charge in [0.15, 0.2) is 5.16 Å². The average molecular weight is 301 g/mol. The Labute approximate surface area is 129 Å². The number of rotatable bonds is 3. The van der Waals surface area contributed by atoms with Crippen molar-refractivity contribution in [3.05, 3.63) is 36.2 Å². The highest BCUT2D eigenvalue weighted by molar-refractivity contribution is 7.98. The average Bonchev–Trinajstić information content (AvgIpc) is 2.55. The van der Waals surface area contributed by atoms with Gasteiger partial charge in [0.05, 0.1) is 0 Å². The standard InChI is InChI=1S/C15H19N5S/c1-12-11-14(18-15(17-12)21-2)20-9-7-19(8-10-20)13-5-3-4-6-16-13/h3-6,11H,7-10H2,1-2H3. The Morgan fingerprint density at radius 1 is 1.00 bits per heavy atom. The first-order valence-corrected chi connectivity index (χ1v) is 8.29. The summed E-state index contributed by atoms with van der Waals surface area (Å²) in [4.78, 5) is 18.1. The summed E-state index contributed by atoms with van der Waals surface area (Å²) in [5.74, 6) is 2.09. The van der Waals surface area contributed by atoms with Crippen LogP contribution in [-0.2, 0) is 0 Å². The molecule has 6 heteroatoms. The molecule has 0 amide bonds. The van der Waals surface area contributed by atoms with E-state index in [1.165, 1.54) is 0 Å². The Bertz CT molecular complexity index is 596. The number of aryl methyl sites for hydroxylation is 1. The summed E-state index contributed by atoms with van der Waals surface area (Å²) in [5, 5.41) is 0.845. The molecule has 3 heterocycles. The number of pyridine rings is 1. The topological polar surface area (TPSA) is 45.2 Å². The van der Waals surface area contributed by atoms with Crippen LogP contribution in [0.5, 0.6) is 0 Å². The number of nitrogens with zero attached hydrogens (tertiary/aromatic N) is 5. The van der Waals surface area contributed by atoms with E-state index in [-0.39, 0.29) is 0 Å². The normalized spacial score (nSPS) is 15.3. The molecule has 0 spiro atoms. The maximum atomic E-state index is 4.62. The molecule has 2 aromatic rings. The molecule has 0 unspecified atom stereocenters. The second-order valence-corrected chi connectivity index (χ2v) is 5.79. The van der Waals surface area contributed by atoms with Crippen molar-refractivity contribution in [3.63, 3.8) is 0 Å². The van der Waals surface area contributed by atoms with Crippen LogP contribution in [0, 0.1) is 6.92 Å². The van der Waals surface area contributed by atoms with Gasteiger partial charge < -0.3 is 9.80 Å². The number of piperazine rings is 1. The van der Waals surface area contributed by atoms with Crippen LogP contribution in [0.4, 0.5) is 11.6 Å². The zero-order valence-corrected chi connectivity index (χ0v) is 13.2. The molecular weight excluding hydrogens is 282 g/mol. The smallest absolute Gasteiger partial charge is 0.189 e. The molecule has 0 N–H and O–H groups in total. The predicted molar refractivity (Wildman–Crippen MR) is 87.2 cm³/mol. The summed E-state index contributed by atoms with van der Waals surface area (Å²) in [7, 11) is 0. The van der Waals surface area contributed by atoms with E-state index in [1.54, 1.807) is 11.8 Å². The Hall–Kier alpha value is -1.82. The first-order valence-electron chi connectivity index (χ1n) is 7.07. The van der Waals surface area contributed by atoms with Crippen LogP contribution in [0.2, 0.25) is 0 Å². The molecule has 1 aliphatic rings. The molecular formula is C15H19N5S. The second kappa shape index (κ2) is 6.30. The molecule has 21 heavy (non-hydrogen) atoms. The lowest BCUT2D eigenvalue weighted by molar-refractivity contribution is 0.637. The molecule has 0 radical (unpaired) electrons. The molecule has 5 nitrogen and oxygen atoms in total. The lowest BCUT2D eigenvalue weighted by atomic mass is 10.3. The molecule has 2 aromatic heterocycles. The van der Waals surface area contributed by atoms with Crippen LogP contribution in [0.1, 0.15) is 5.69 Å². The van der Waals surface area contributed by atoms with Crippen LogP contribution < -0.4 is 9.80 Å². The minimum Gasteiger partial charge on any atom is -0.353 e. The number of anilines is 2. The number of thioether (sulfide) groups is 1. The van der Waals surface area contributed by atoms with E-state index in [1.807, 2.05) is 31.5 Å². The van der Waals surface area contributed by atoms with Crippen molar-refractivity contribution >= 4 is 23.4 Å². The van der Waals surface area contributed by atoms with Crippen molar-refractivity contribution in [2.45, 2.75) is 12.1 Å². The molecule has 0 atom stereocenters. The van der Waals surface area contributed by atoms with Gasteiger partial charge >= 0.3 is 0 Å². The number of hydrogen-bond donors (Lipinski definition) is 0. The molecule has 1 aliphatic heterocycles. The summed E-state index contributed by atoms with van der Waals surface area (Å²) in [6.07, 6.45) is 3.86. The molecule has 3 rings (SSSR count). The van der Waals surface area contributed by atoms with Crippen molar-refractivity contribution in [2.75, 3.05) is 42.2 Å². The first kappa shape index (κ1) is 14.1. The Morgan fingerprint density at radius 3 is 2.33 bits per heavy atom. The third-order valence-electron chi connectivity index (χ3n) is 3.58. The van der Waals surface area contributed by atoms with Crippen molar-refractivity contribution in [2.24, 2.45) is 0 Å². The van der Waals surface area contributed by atoms with E-state index in [4.69, 9.17) is 0 Å². The fourth-order valence-corrected chi connectivity index (χ4v) is 2.90. The maximum absolute atomic E-state index is 4.62. The summed E-state index contributed by atoms with van der Waals surface area (Å²) in [6.45, 7) is 5.88. The summed E-state index contributed by atoms with van der Waals surface area (Å²) in [5.41, 5.74) is 1.02. The largest absolute Gasteiger partial charge is 0.353 e. The van der Waals surface area contributed by atoms with Crippen LogP contribution in [-0.4, -0.2) is 47.4 Å². The molecule has 0 aliphatic carbocycles. The van der Waals surface area contributed by atoms with Gasteiger partial charge in [0.25, 0.3) is 0 Å². The summed E-state index contributed by atoms with van der Waals surface area (Å²) in [6, 6.07) is 8.12. The second-order valence-electron chi connectivity index (χ2n) is 5.02. The minimum absolute atomic E-state index is 0.845. The van der Waals surface area contributed by atoms with Gasteiger partial charge in [-0.15, -0.1) is 0 Å². The molecule has 0 saturated carbocycles. The van der Waals surface area contributed by atoms with E-state index in [2.05, 4.69) is 36.9 Å². The van der Waals surface area contributed by atoms with Gasteiger partial charge in [0.2, 0.25) is 0 Å². The third-order valence-corrected chi connectivity index (χ3v) is 4.13. The Morgan fingerprint density at radius 2 is 1.71 bits per heavy atom. The van der Waals surface area contributed by atoms with Gasteiger partial charge in [-0.05, 0) is 25.3 Å². The highest BCUT2D eigenvalue weighted by Gasteiger charge is 2.19. The van der Waals surface area contributed by atoms with Crippen molar-refractivity contribution in [1.29, 1.82) is 0 Å². The summed E-state index contributed by atoms with van der Waals surface area (Å²) < 4.78 is 0. The maximum Gasteiger partial charge on any atom is 0.189 e. The lowest BCUT2D eigenvalue weighted by Gasteiger charge is -2.36. The van der Waals surface area contributed by atoms with Gasteiger partial charge in [-0.2, -0.15) is 0 Å². The van der Waals surface area contributed by atoms with Gasteiger partial charge in [-0.1, -0.05) is 17.8 Å². The van der Waals surface area contributed by atoms with Gasteiger partial charge in [-0.25, -0.2) is 15.0 Å². The van der Waals surface area contributed by atoms with Crippen molar-refractivity contribution in [3.8, 4) is 0 Å². The van der Waals surface area contributed by atoms with Crippen molar-refractivity contribution in [1.82, 2.24) is 15.0 Å². The van der Waals surface area contributed by atoms with Crippen LogP contribution in [0.25, 0.3) is 0 Å². The van der Waals surface area contributed by atoms with Crippen LogP contribution in [0.15, 0.2) is 35.6 Å². The predicted octanol–water partition coefficient (Wildman–Crippen LogP) is 2.23. The van der Waals surface area contributed by atoms with E-state index in [0.717, 1.165) is 48.7 Å². The van der Waals surface area contributed by atoms with E-state index in [9.17, 15) is 0 Å². The molecule has 1 fully saturated rings. The number of aromatic nitrogens is 3. The highest BCUT2D eigenvalue weighted by Crippen LogP contribution is 2.20. The fraction of sp³-hybridized carbons (Fsp3) is 0.400. The first-order chi connectivity index (χ1) is 10.3. The Kier molecular flexibility index (Phi) is 4.24.